The lowest BCUT2D eigenvalue weighted by molar-refractivity contribution is -0.145. The molecule has 2 atom stereocenters. The van der Waals surface area contributed by atoms with Crippen LogP contribution in [0.5, 0.6) is 5.75 Å². The molecule has 0 bridgehead atoms. The summed E-state index contributed by atoms with van der Waals surface area (Å²) in [6, 6.07) is 8.36. The summed E-state index contributed by atoms with van der Waals surface area (Å²) in [4.78, 5) is 12.1. The first kappa shape index (κ1) is 19.0. The summed E-state index contributed by atoms with van der Waals surface area (Å²) >= 11 is 0. The zero-order valence-corrected chi connectivity index (χ0v) is 17.2. The maximum absolute atomic E-state index is 12.1. The fourth-order valence-electron chi connectivity index (χ4n) is 2.99. The highest BCUT2D eigenvalue weighted by atomic mass is 28.4. The predicted molar refractivity (Wildman–Crippen MR) is 101 cm³/mol. The van der Waals surface area contributed by atoms with E-state index in [2.05, 4.69) is 52.1 Å². The van der Waals surface area contributed by atoms with Crippen LogP contribution in [-0.4, -0.2) is 21.4 Å². The number of hydrogen-bond acceptors (Lipinski definition) is 3. The van der Waals surface area contributed by atoms with Crippen LogP contribution in [0.1, 0.15) is 52.0 Å². The van der Waals surface area contributed by atoms with Crippen molar-refractivity contribution < 1.29 is 14.0 Å². The van der Waals surface area contributed by atoms with Gasteiger partial charge in [-0.05, 0) is 60.5 Å². The zero-order valence-electron chi connectivity index (χ0n) is 16.2. The van der Waals surface area contributed by atoms with Crippen LogP contribution < -0.4 is 4.43 Å². The van der Waals surface area contributed by atoms with E-state index in [9.17, 15) is 4.79 Å². The third kappa shape index (κ3) is 4.21. The number of carbonyl (C=O) groups is 1. The Balaban J connectivity index is 2.26. The van der Waals surface area contributed by atoms with Crippen molar-refractivity contribution in [3.8, 4) is 5.75 Å². The van der Waals surface area contributed by atoms with Crippen molar-refractivity contribution in [2.75, 3.05) is 7.11 Å². The molecule has 2 rings (SSSR count). The van der Waals surface area contributed by atoms with Gasteiger partial charge in [0.15, 0.2) is 0 Å². The highest BCUT2D eigenvalue weighted by Crippen LogP contribution is 2.47. The Morgan fingerprint density at radius 2 is 1.88 bits per heavy atom. The second-order valence-electron chi connectivity index (χ2n) is 8.61. The minimum atomic E-state index is -1.86. The van der Waals surface area contributed by atoms with E-state index in [1.54, 1.807) is 0 Å². The Hall–Kier alpha value is -1.29. The molecule has 3 nitrogen and oxygen atoms in total. The molecule has 4 heteroatoms. The van der Waals surface area contributed by atoms with E-state index in [4.69, 9.17) is 9.16 Å². The molecule has 0 aliphatic heterocycles. The van der Waals surface area contributed by atoms with Crippen LogP contribution in [-0.2, 0) is 9.53 Å². The molecule has 1 saturated carbocycles. The fourth-order valence-corrected chi connectivity index (χ4v) is 4.01. The summed E-state index contributed by atoms with van der Waals surface area (Å²) in [5, 5.41) is 0.165. The number of ether oxygens (including phenoxy) is 1. The van der Waals surface area contributed by atoms with Gasteiger partial charge in [0.1, 0.15) is 5.75 Å². The Morgan fingerprint density at radius 1 is 1.25 bits per heavy atom. The molecule has 0 heterocycles. The third-order valence-corrected chi connectivity index (χ3v) is 10.0. The van der Waals surface area contributed by atoms with Gasteiger partial charge in [0.2, 0.25) is 8.32 Å². The van der Waals surface area contributed by atoms with E-state index in [-0.39, 0.29) is 22.8 Å². The van der Waals surface area contributed by atoms with Crippen molar-refractivity contribution in [2.24, 2.45) is 11.8 Å². The number of rotatable bonds is 6. The van der Waals surface area contributed by atoms with Crippen molar-refractivity contribution in [1.29, 1.82) is 0 Å². The second-order valence-corrected chi connectivity index (χ2v) is 13.3. The molecule has 1 aliphatic carbocycles. The molecule has 0 N–H and O–H groups in total. The van der Waals surface area contributed by atoms with E-state index in [0.29, 0.717) is 5.92 Å². The van der Waals surface area contributed by atoms with Gasteiger partial charge in [0.05, 0.1) is 13.0 Å². The lowest BCUT2D eigenvalue weighted by Gasteiger charge is -2.36. The Bertz CT molecular complexity index is 585. The van der Waals surface area contributed by atoms with Gasteiger partial charge in [-0.2, -0.15) is 0 Å². The predicted octanol–water partition coefficient (Wildman–Crippen LogP) is 5.37. The highest BCUT2D eigenvalue weighted by molar-refractivity contribution is 6.74. The SMILES string of the molecule is COC(=O)[C@@H](C)[C@H](c1cccc(O[Si](C)(C)C(C)(C)C)c1)C1CC1. The number of hydrogen-bond donors (Lipinski definition) is 0. The molecule has 0 unspecified atom stereocenters. The molecule has 0 radical (unpaired) electrons. The highest BCUT2D eigenvalue weighted by Gasteiger charge is 2.41. The Morgan fingerprint density at radius 3 is 2.38 bits per heavy atom. The lowest BCUT2D eigenvalue weighted by atomic mass is 9.83. The Labute approximate surface area is 147 Å². The van der Waals surface area contributed by atoms with Gasteiger partial charge >= 0.3 is 5.97 Å². The van der Waals surface area contributed by atoms with E-state index in [0.717, 1.165) is 5.75 Å². The first-order valence-electron chi connectivity index (χ1n) is 8.93. The number of benzene rings is 1. The fraction of sp³-hybridized carbons (Fsp3) is 0.650. The number of carbonyl (C=O) groups excluding carboxylic acids is 1. The van der Waals surface area contributed by atoms with E-state index in [1.807, 2.05) is 13.0 Å². The van der Waals surface area contributed by atoms with Crippen molar-refractivity contribution in [3.05, 3.63) is 29.8 Å². The molecule has 0 spiro atoms. The molecule has 1 aromatic carbocycles. The van der Waals surface area contributed by atoms with Crippen LogP contribution in [0.25, 0.3) is 0 Å². The normalized spacial score (nSPS) is 18.0. The summed E-state index contributed by atoms with van der Waals surface area (Å²) in [6.07, 6.45) is 2.39. The largest absolute Gasteiger partial charge is 0.543 e. The van der Waals surface area contributed by atoms with Crippen molar-refractivity contribution in [2.45, 2.75) is 64.6 Å². The molecular weight excluding hydrogens is 316 g/mol. The van der Waals surface area contributed by atoms with E-state index < -0.39 is 8.32 Å². The summed E-state index contributed by atoms with van der Waals surface area (Å²) in [7, 11) is -0.391. The third-order valence-electron chi connectivity index (χ3n) is 5.66. The average molecular weight is 349 g/mol. The van der Waals surface area contributed by atoms with Crippen molar-refractivity contribution in [3.63, 3.8) is 0 Å². The molecule has 1 fully saturated rings. The number of esters is 1. The van der Waals surface area contributed by atoms with Gasteiger partial charge in [0, 0.05) is 0 Å². The maximum atomic E-state index is 12.1. The topological polar surface area (TPSA) is 35.5 Å². The maximum Gasteiger partial charge on any atom is 0.309 e. The zero-order chi connectivity index (χ0) is 18.1. The molecule has 1 aromatic rings. The van der Waals surface area contributed by atoms with Crippen LogP contribution in [0, 0.1) is 11.8 Å². The van der Waals surface area contributed by atoms with E-state index >= 15 is 0 Å². The van der Waals surface area contributed by atoms with Crippen LogP contribution in [0.3, 0.4) is 0 Å². The first-order valence-corrected chi connectivity index (χ1v) is 11.8. The summed E-state index contributed by atoms with van der Waals surface area (Å²) in [5.41, 5.74) is 1.20. The van der Waals surface area contributed by atoms with Crippen LogP contribution in [0.15, 0.2) is 24.3 Å². The quantitative estimate of drug-likeness (QED) is 0.512. The molecule has 134 valence electrons. The minimum absolute atomic E-state index is 0.120. The van der Waals surface area contributed by atoms with Gasteiger partial charge in [0.25, 0.3) is 0 Å². The summed E-state index contributed by atoms with van der Waals surface area (Å²) in [5.74, 6) is 1.50. The van der Waals surface area contributed by atoms with Crippen LogP contribution in [0.2, 0.25) is 18.1 Å². The molecular formula is C20H32O3Si. The molecule has 0 amide bonds. The van der Waals surface area contributed by atoms with E-state index in [1.165, 1.54) is 25.5 Å². The monoisotopic (exact) mass is 348 g/mol. The van der Waals surface area contributed by atoms with Crippen LogP contribution in [0.4, 0.5) is 0 Å². The summed E-state index contributed by atoms with van der Waals surface area (Å²) < 4.78 is 11.4. The second kappa shape index (κ2) is 6.91. The Kier molecular flexibility index (Phi) is 5.48. The molecule has 0 saturated heterocycles. The molecule has 0 aromatic heterocycles. The first-order chi connectivity index (χ1) is 11.1. The molecule has 24 heavy (non-hydrogen) atoms. The van der Waals surface area contributed by atoms with Gasteiger partial charge in [-0.15, -0.1) is 0 Å². The lowest BCUT2D eigenvalue weighted by Crippen LogP contribution is -2.43. The minimum Gasteiger partial charge on any atom is -0.543 e. The van der Waals surface area contributed by atoms with Gasteiger partial charge < -0.3 is 9.16 Å². The van der Waals surface area contributed by atoms with Crippen molar-refractivity contribution >= 4 is 14.3 Å². The van der Waals surface area contributed by atoms with Crippen LogP contribution >= 0.6 is 0 Å². The molecule has 1 aliphatic rings. The van der Waals surface area contributed by atoms with Gasteiger partial charge in [-0.25, -0.2) is 0 Å². The van der Waals surface area contributed by atoms with Crippen molar-refractivity contribution in [1.82, 2.24) is 0 Å². The number of methoxy groups -OCH3 is 1. The van der Waals surface area contributed by atoms with Gasteiger partial charge in [-0.1, -0.05) is 39.8 Å². The average Bonchev–Trinajstić information content (AvgIpc) is 3.30. The summed E-state index contributed by atoms with van der Waals surface area (Å²) in [6.45, 7) is 13.2. The standard InChI is InChI=1S/C20H32O3Si/c1-14(19(21)22-5)18(15-11-12-15)16-9-8-10-17(13-16)23-24(6,7)20(2,3)4/h8-10,13-15,18H,11-12H2,1-7H3/t14-,18-/m0/s1. The van der Waals surface area contributed by atoms with Gasteiger partial charge in [-0.3, -0.25) is 4.79 Å². The smallest absolute Gasteiger partial charge is 0.309 e.